The molecule has 1 aliphatic carbocycles. The molecule has 22 heavy (non-hydrogen) atoms. The average Bonchev–Trinajstić information content (AvgIpc) is 3.00. The van der Waals surface area contributed by atoms with Gasteiger partial charge in [-0.1, -0.05) is 12.8 Å². The number of aromatic nitrogens is 3. The Morgan fingerprint density at radius 1 is 1.27 bits per heavy atom. The Kier molecular flexibility index (Phi) is 4.15. The van der Waals surface area contributed by atoms with E-state index in [4.69, 9.17) is 0 Å². The van der Waals surface area contributed by atoms with Gasteiger partial charge in [0.15, 0.2) is 5.69 Å². The quantitative estimate of drug-likeness (QED) is 0.899. The molecule has 2 atom stereocenters. The van der Waals surface area contributed by atoms with E-state index in [1.807, 2.05) is 0 Å². The van der Waals surface area contributed by atoms with Gasteiger partial charge < -0.3 is 10.4 Å². The number of hydrogen-bond donors (Lipinski definition) is 2. The summed E-state index contributed by atoms with van der Waals surface area (Å²) in [6.45, 7) is 0. The van der Waals surface area contributed by atoms with Crippen LogP contribution in [0.5, 0.6) is 0 Å². The van der Waals surface area contributed by atoms with Gasteiger partial charge in [-0.25, -0.2) is 4.39 Å². The van der Waals surface area contributed by atoms with E-state index in [1.54, 1.807) is 0 Å². The second kappa shape index (κ2) is 6.23. The Hall–Kier alpha value is -2.28. The fraction of sp³-hybridized carbons (Fsp3) is 0.400. The lowest BCUT2D eigenvalue weighted by Crippen LogP contribution is -2.45. The number of halogens is 1. The summed E-state index contributed by atoms with van der Waals surface area (Å²) in [6.07, 6.45) is 4.28. The molecule has 116 valence electrons. The Morgan fingerprint density at radius 2 is 2.00 bits per heavy atom. The molecule has 1 aromatic carbocycles. The predicted octanol–water partition coefficient (Wildman–Crippen LogP) is 1.44. The summed E-state index contributed by atoms with van der Waals surface area (Å²) in [5.41, 5.74) is 0.736. The van der Waals surface area contributed by atoms with E-state index in [9.17, 15) is 14.3 Å². The number of nitrogens with zero attached hydrogens (tertiary/aromatic N) is 3. The molecule has 1 heterocycles. The van der Waals surface area contributed by atoms with Gasteiger partial charge >= 0.3 is 0 Å². The molecular formula is C15H17FN4O2. The first-order valence-corrected chi connectivity index (χ1v) is 7.31. The smallest absolute Gasteiger partial charge is 0.273 e. The van der Waals surface area contributed by atoms with Crippen LogP contribution >= 0.6 is 0 Å². The summed E-state index contributed by atoms with van der Waals surface area (Å²) in [6, 6.07) is 5.43. The predicted molar refractivity (Wildman–Crippen MR) is 77.0 cm³/mol. The zero-order chi connectivity index (χ0) is 15.5. The van der Waals surface area contributed by atoms with Crippen molar-refractivity contribution < 1.29 is 14.3 Å². The minimum absolute atomic E-state index is 0.169. The van der Waals surface area contributed by atoms with Gasteiger partial charge in [-0.15, -0.1) is 5.10 Å². The third-order valence-electron chi connectivity index (χ3n) is 3.83. The number of carbonyl (C=O) groups is 1. The van der Waals surface area contributed by atoms with Crippen molar-refractivity contribution in [3.8, 4) is 5.69 Å². The maximum atomic E-state index is 12.9. The second-order valence-electron chi connectivity index (χ2n) is 5.43. The van der Waals surface area contributed by atoms with E-state index < -0.39 is 6.10 Å². The van der Waals surface area contributed by atoms with Gasteiger partial charge in [0.05, 0.1) is 24.0 Å². The molecular weight excluding hydrogens is 287 g/mol. The van der Waals surface area contributed by atoms with Crippen LogP contribution in [0, 0.1) is 5.82 Å². The molecule has 0 spiro atoms. The van der Waals surface area contributed by atoms with Crippen molar-refractivity contribution in [2.45, 2.75) is 37.8 Å². The summed E-state index contributed by atoms with van der Waals surface area (Å²) in [7, 11) is 0. The number of amides is 1. The average molecular weight is 304 g/mol. The molecule has 2 aromatic rings. The number of nitrogens with one attached hydrogen (secondary N) is 1. The van der Waals surface area contributed by atoms with Gasteiger partial charge in [0.25, 0.3) is 5.91 Å². The molecule has 2 unspecified atom stereocenters. The SMILES string of the molecule is O=C(NC1CCCCC1O)c1cnn(-c2ccc(F)cc2)n1. The van der Waals surface area contributed by atoms with E-state index in [2.05, 4.69) is 15.5 Å². The van der Waals surface area contributed by atoms with Crippen LogP contribution in [-0.2, 0) is 0 Å². The zero-order valence-electron chi connectivity index (χ0n) is 11.9. The van der Waals surface area contributed by atoms with E-state index in [1.165, 1.54) is 35.3 Å². The van der Waals surface area contributed by atoms with Crippen LogP contribution in [0.25, 0.3) is 5.69 Å². The third-order valence-corrected chi connectivity index (χ3v) is 3.83. The van der Waals surface area contributed by atoms with Crippen LogP contribution in [0.3, 0.4) is 0 Å². The Morgan fingerprint density at radius 3 is 2.73 bits per heavy atom. The number of aliphatic hydroxyl groups excluding tert-OH is 1. The lowest BCUT2D eigenvalue weighted by molar-refractivity contribution is 0.0713. The highest BCUT2D eigenvalue weighted by atomic mass is 19.1. The minimum atomic E-state index is -0.509. The summed E-state index contributed by atoms with van der Waals surface area (Å²) in [5, 5.41) is 20.8. The van der Waals surface area contributed by atoms with Crippen molar-refractivity contribution in [2.75, 3.05) is 0 Å². The largest absolute Gasteiger partial charge is 0.391 e. The molecule has 1 saturated carbocycles. The lowest BCUT2D eigenvalue weighted by atomic mass is 9.92. The number of rotatable bonds is 3. The first-order chi connectivity index (χ1) is 10.6. The van der Waals surface area contributed by atoms with Crippen LogP contribution in [0.1, 0.15) is 36.2 Å². The summed E-state index contributed by atoms with van der Waals surface area (Å²) in [5.74, 6) is -0.709. The van der Waals surface area contributed by atoms with Gasteiger partial charge in [0, 0.05) is 0 Å². The van der Waals surface area contributed by atoms with Crippen molar-refractivity contribution >= 4 is 5.91 Å². The molecule has 1 fully saturated rings. The fourth-order valence-electron chi connectivity index (χ4n) is 2.59. The van der Waals surface area contributed by atoms with Crippen molar-refractivity contribution in [1.29, 1.82) is 0 Å². The molecule has 0 saturated heterocycles. The summed E-state index contributed by atoms with van der Waals surface area (Å²) >= 11 is 0. The number of aliphatic hydroxyl groups is 1. The fourth-order valence-corrected chi connectivity index (χ4v) is 2.59. The summed E-state index contributed by atoms with van der Waals surface area (Å²) in [4.78, 5) is 13.4. The van der Waals surface area contributed by atoms with Crippen molar-refractivity contribution in [2.24, 2.45) is 0 Å². The van der Waals surface area contributed by atoms with E-state index in [0.29, 0.717) is 12.1 Å². The van der Waals surface area contributed by atoms with Crippen LogP contribution in [0.4, 0.5) is 4.39 Å². The number of carbonyl (C=O) groups excluding carboxylic acids is 1. The highest BCUT2D eigenvalue weighted by molar-refractivity contribution is 5.92. The van der Waals surface area contributed by atoms with E-state index in [0.717, 1.165) is 19.3 Å². The number of hydrogen-bond acceptors (Lipinski definition) is 4. The molecule has 1 aliphatic rings. The maximum absolute atomic E-state index is 12.9. The highest BCUT2D eigenvalue weighted by Crippen LogP contribution is 2.18. The van der Waals surface area contributed by atoms with Crippen molar-refractivity contribution in [3.05, 3.63) is 42.0 Å². The van der Waals surface area contributed by atoms with Gasteiger partial charge in [-0.3, -0.25) is 4.79 Å². The van der Waals surface area contributed by atoms with E-state index >= 15 is 0 Å². The topological polar surface area (TPSA) is 80.0 Å². The molecule has 0 bridgehead atoms. The Bertz CT molecular complexity index is 656. The highest BCUT2D eigenvalue weighted by Gasteiger charge is 2.25. The third kappa shape index (κ3) is 3.14. The Balaban J connectivity index is 1.70. The normalized spacial score (nSPS) is 21.5. The van der Waals surface area contributed by atoms with Gasteiger partial charge in [-0.2, -0.15) is 9.90 Å². The van der Waals surface area contributed by atoms with E-state index in [-0.39, 0.29) is 23.5 Å². The van der Waals surface area contributed by atoms with Crippen LogP contribution in [0.15, 0.2) is 30.5 Å². The van der Waals surface area contributed by atoms with Gasteiger partial charge in [0.1, 0.15) is 5.82 Å². The first-order valence-electron chi connectivity index (χ1n) is 7.31. The molecule has 6 nitrogen and oxygen atoms in total. The summed E-state index contributed by atoms with van der Waals surface area (Å²) < 4.78 is 12.9. The first kappa shape index (κ1) is 14.6. The maximum Gasteiger partial charge on any atom is 0.273 e. The van der Waals surface area contributed by atoms with Crippen molar-refractivity contribution in [3.63, 3.8) is 0 Å². The zero-order valence-corrected chi connectivity index (χ0v) is 11.9. The molecule has 2 N–H and O–H groups in total. The van der Waals surface area contributed by atoms with Gasteiger partial charge in [0.2, 0.25) is 0 Å². The molecule has 1 amide bonds. The molecule has 1 aromatic heterocycles. The molecule has 3 rings (SSSR count). The molecule has 7 heteroatoms. The standard InChI is InChI=1S/C15H17FN4O2/c16-10-5-7-11(8-6-10)20-17-9-13(19-20)15(22)18-12-3-1-2-4-14(12)21/h5-9,12,14,21H,1-4H2,(H,18,22). The molecule has 0 aliphatic heterocycles. The molecule has 0 radical (unpaired) electrons. The Labute approximate surface area is 127 Å². The second-order valence-corrected chi connectivity index (χ2v) is 5.43. The van der Waals surface area contributed by atoms with Crippen LogP contribution < -0.4 is 5.32 Å². The van der Waals surface area contributed by atoms with Crippen LogP contribution in [-0.4, -0.2) is 38.2 Å². The minimum Gasteiger partial charge on any atom is -0.391 e. The van der Waals surface area contributed by atoms with Crippen LogP contribution in [0.2, 0.25) is 0 Å². The number of benzene rings is 1. The van der Waals surface area contributed by atoms with Gasteiger partial charge in [-0.05, 0) is 37.1 Å². The lowest BCUT2D eigenvalue weighted by Gasteiger charge is -2.27. The monoisotopic (exact) mass is 304 g/mol. The van der Waals surface area contributed by atoms with Crippen molar-refractivity contribution in [1.82, 2.24) is 20.3 Å².